The highest BCUT2D eigenvalue weighted by Gasteiger charge is 2.11. The molecule has 0 spiro atoms. The van der Waals surface area contributed by atoms with Crippen LogP contribution in [-0.4, -0.2) is 16.6 Å². The first-order chi connectivity index (χ1) is 11.0. The number of halogens is 1. The van der Waals surface area contributed by atoms with Gasteiger partial charge in [-0.3, -0.25) is 4.79 Å². The predicted molar refractivity (Wildman–Crippen MR) is 99.9 cm³/mol. The van der Waals surface area contributed by atoms with E-state index < -0.39 is 0 Å². The fourth-order valence-electron chi connectivity index (χ4n) is 2.09. The van der Waals surface area contributed by atoms with Crippen LogP contribution in [0.5, 0.6) is 0 Å². The van der Waals surface area contributed by atoms with Gasteiger partial charge in [0.1, 0.15) is 0 Å². The fraction of sp³-hybridized carbons (Fsp3) is 0.176. The monoisotopic (exact) mass is 362 g/mol. The Morgan fingerprint density at radius 3 is 2.70 bits per heavy atom. The van der Waals surface area contributed by atoms with E-state index in [0.717, 1.165) is 20.7 Å². The van der Waals surface area contributed by atoms with Crippen LogP contribution in [0, 0.1) is 13.8 Å². The maximum atomic E-state index is 12.1. The van der Waals surface area contributed by atoms with Crippen molar-refractivity contribution in [2.45, 2.75) is 18.7 Å². The van der Waals surface area contributed by atoms with Crippen LogP contribution in [0.4, 0.5) is 5.13 Å². The predicted octanol–water partition coefficient (Wildman–Crippen LogP) is 5.30. The van der Waals surface area contributed by atoms with Crippen molar-refractivity contribution in [3.63, 3.8) is 0 Å². The number of aryl methyl sites for hydroxylation is 2. The number of amides is 1. The minimum absolute atomic E-state index is 0.0571. The van der Waals surface area contributed by atoms with Gasteiger partial charge in [-0.1, -0.05) is 40.6 Å². The number of aromatic nitrogens is 1. The summed E-state index contributed by atoms with van der Waals surface area (Å²) >= 11 is 9.08. The van der Waals surface area contributed by atoms with Crippen molar-refractivity contribution >= 4 is 56.0 Å². The molecule has 0 aliphatic heterocycles. The zero-order valence-corrected chi connectivity index (χ0v) is 15.1. The van der Waals surface area contributed by atoms with Crippen molar-refractivity contribution in [1.82, 2.24) is 4.98 Å². The summed E-state index contributed by atoms with van der Waals surface area (Å²) in [6, 6.07) is 11.9. The van der Waals surface area contributed by atoms with Crippen LogP contribution in [0.25, 0.3) is 10.2 Å². The van der Waals surface area contributed by atoms with E-state index in [4.69, 9.17) is 11.6 Å². The third-order valence-corrected chi connectivity index (χ3v) is 5.74. The van der Waals surface area contributed by atoms with E-state index in [1.165, 1.54) is 28.7 Å². The van der Waals surface area contributed by atoms with Crippen LogP contribution in [-0.2, 0) is 4.79 Å². The molecule has 1 N–H and O–H groups in total. The van der Waals surface area contributed by atoms with Gasteiger partial charge >= 0.3 is 0 Å². The average Bonchev–Trinajstić information content (AvgIpc) is 2.94. The van der Waals surface area contributed by atoms with Gasteiger partial charge in [-0.05, 0) is 43.7 Å². The average molecular weight is 363 g/mol. The maximum Gasteiger partial charge on any atom is 0.236 e. The van der Waals surface area contributed by atoms with Crippen molar-refractivity contribution in [2.75, 3.05) is 11.1 Å². The van der Waals surface area contributed by atoms with Crippen LogP contribution < -0.4 is 5.32 Å². The Balaban J connectivity index is 1.66. The first-order valence-corrected chi connectivity index (χ1v) is 9.26. The summed E-state index contributed by atoms with van der Waals surface area (Å²) < 4.78 is 1.02. The lowest BCUT2D eigenvalue weighted by Crippen LogP contribution is -2.13. The highest BCUT2D eigenvalue weighted by molar-refractivity contribution is 8.00. The molecule has 0 radical (unpaired) electrons. The molecule has 0 bridgehead atoms. The molecule has 0 atom stereocenters. The molecular formula is C17H15ClN2OS2. The van der Waals surface area contributed by atoms with Crippen LogP contribution >= 0.6 is 34.7 Å². The molecule has 1 heterocycles. The Bertz CT molecular complexity index is 859. The molecule has 0 saturated heterocycles. The molecule has 0 saturated carbocycles. The summed E-state index contributed by atoms with van der Waals surface area (Å²) in [6.45, 7) is 3.98. The highest BCUT2D eigenvalue weighted by atomic mass is 35.5. The van der Waals surface area contributed by atoms with Crippen LogP contribution in [0.1, 0.15) is 11.1 Å². The van der Waals surface area contributed by atoms with E-state index >= 15 is 0 Å². The Kier molecular flexibility index (Phi) is 4.90. The Hall–Kier alpha value is -1.56. The molecule has 3 rings (SSSR count). The van der Waals surface area contributed by atoms with E-state index in [0.29, 0.717) is 15.9 Å². The SMILES string of the molecule is Cc1ccc(SCC(=O)Nc2nc3c(C)c(Cl)ccc3s2)cc1. The van der Waals surface area contributed by atoms with Gasteiger partial charge in [-0.25, -0.2) is 4.98 Å². The Morgan fingerprint density at radius 2 is 1.96 bits per heavy atom. The molecule has 0 aliphatic carbocycles. The van der Waals surface area contributed by atoms with Gasteiger partial charge in [0, 0.05) is 9.92 Å². The van der Waals surface area contributed by atoms with E-state index in [2.05, 4.69) is 10.3 Å². The highest BCUT2D eigenvalue weighted by Crippen LogP contribution is 2.31. The second-order valence-corrected chi connectivity index (χ2v) is 7.67. The zero-order chi connectivity index (χ0) is 16.4. The number of fused-ring (bicyclic) bond motifs is 1. The van der Waals surface area contributed by atoms with Gasteiger partial charge < -0.3 is 5.32 Å². The molecule has 2 aromatic carbocycles. The van der Waals surface area contributed by atoms with Gasteiger partial charge in [-0.15, -0.1) is 11.8 Å². The fourth-order valence-corrected chi connectivity index (χ4v) is 3.89. The van der Waals surface area contributed by atoms with Gasteiger partial charge in [0.2, 0.25) is 5.91 Å². The van der Waals surface area contributed by atoms with Crippen molar-refractivity contribution in [2.24, 2.45) is 0 Å². The number of thioether (sulfide) groups is 1. The standard InChI is InChI=1S/C17H15ClN2OS2/c1-10-3-5-12(6-4-10)22-9-15(21)19-17-20-16-11(2)13(18)7-8-14(16)23-17/h3-8H,9H2,1-2H3,(H,19,20,21). The number of rotatable bonds is 4. The summed E-state index contributed by atoms with van der Waals surface area (Å²) in [7, 11) is 0. The van der Waals surface area contributed by atoms with E-state index in [1.54, 1.807) is 0 Å². The third-order valence-electron chi connectivity index (χ3n) is 3.39. The molecule has 3 nitrogen and oxygen atoms in total. The van der Waals surface area contributed by atoms with Crippen molar-refractivity contribution in [3.8, 4) is 0 Å². The van der Waals surface area contributed by atoms with Crippen LogP contribution in [0.2, 0.25) is 5.02 Å². The quantitative estimate of drug-likeness (QED) is 0.640. The van der Waals surface area contributed by atoms with Crippen molar-refractivity contribution < 1.29 is 4.79 Å². The summed E-state index contributed by atoms with van der Waals surface area (Å²) in [6.07, 6.45) is 0. The van der Waals surface area contributed by atoms with E-state index in [1.807, 2.05) is 50.2 Å². The third kappa shape index (κ3) is 3.86. The topological polar surface area (TPSA) is 42.0 Å². The van der Waals surface area contributed by atoms with Gasteiger partial charge in [-0.2, -0.15) is 0 Å². The molecular weight excluding hydrogens is 348 g/mol. The number of thiazole rings is 1. The summed E-state index contributed by atoms with van der Waals surface area (Å²) in [5.41, 5.74) is 3.00. The molecule has 0 unspecified atom stereocenters. The number of carbonyl (C=O) groups is 1. The normalized spacial score (nSPS) is 10.9. The van der Waals surface area contributed by atoms with E-state index in [9.17, 15) is 4.79 Å². The van der Waals surface area contributed by atoms with Crippen LogP contribution in [0.3, 0.4) is 0 Å². The van der Waals surface area contributed by atoms with Gasteiger partial charge in [0.05, 0.1) is 16.0 Å². The number of hydrogen-bond acceptors (Lipinski definition) is 4. The molecule has 23 heavy (non-hydrogen) atoms. The minimum atomic E-state index is -0.0571. The second kappa shape index (κ2) is 6.91. The lowest BCUT2D eigenvalue weighted by atomic mass is 10.2. The molecule has 1 amide bonds. The lowest BCUT2D eigenvalue weighted by molar-refractivity contribution is -0.113. The first kappa shape index (κ1) is 16.3. The molecule has 3 aromatic rings. The first-order valence-electron chi connectivity index (χ1n) is 7.08. The van der Waals surface area contributed by atoms with Crippen molar-refractivity contribution in [3.05, 3.63) is 52.5 Å². The van der Waals surface area contributed by atoms with Crippen molar-refractivity contribution in [1.29, 1.82) is 0 Å². The Labute approximate surface area is 148 Å². The minimum Gasteiger partial charge on any atom is -0.301 e. The molecule has 0 aliphatic rings. The molecule has 0 fully saturated rings. The van der Waals surface area contributed by atoms with Gasteiger partial charge in [0.25, 0.3) is 0 Å². The summed E-state index contributed by atoms with van der Waals surface area (Å²) in [5.74, 6) is 0.303. The lowest BCUT2D eigenvalue weighted by Gasteiger charge is -2.02. The maximum absolute atomic E-state index is 12.1. The van der Waals surface area contributed by atoms with Gasteiger partial charge in [0.15, 0.2) is 5.13 Å². The molecule has 1 aromatic heterocycles. The largest absolute Gasteiger partial charge is 0.301 e. The summed E-state index contributed by atoms with van der Waals surface area (Å²) in [5, 5.41) is 4.17. The second-order valence-electron chi connectivity index (χ2n) is 5.19. The number of nitrogens with zero attached hydrogens (tertiary/aromatic N) is 1. The number of nitrogens with one attached hydrogen (secondary N) is 1. The van der Waals surface area contributed by atoms with Crippen LogP contribution in [0.15, 0.2) is 41.3 Å². The smallest absolute Gasteiger partial charge is 0.236 e. The Morgan fingerprint density at radius 1 is 1.22 bits per heavy atom. The summed E-state index contributed by atoms with van der Waals surface area (Å²) in [4.78, 5) is 17.6. The number of hydrogen-bond donors (Lipinski definition) is 1. The number of carbonyl (C=O) groups excluding carboxylic acids is 1. The number of anilines is 1. The van der Waals surface area contributed by atoms with E-state index in [-0.39, 0.29) is 5.91 Å². The molecule has 118 valence electrons. The zero-order valence-electron chi connectivity index (χ0n) is 12.7. The molecule has 6 heteroatoms. The number of benzene rings is 2.